The van der Waals surface area contributed by atoms with Crippen molar-refractivity contribution in [3.8, 4) is 0 Å². The highest BCUT2D eigenvalue weighted by Crippen LogP contribution is 2.36. The van der Waals surface area contributed by atoms with E-state index in [0.29, 0.717) is 5.41 Å². The highest BCUT2D eigenvalue weighted by Gasteiger charge is 2.25. The summed E-state index contributed by atoms with van der Waals surface area (Å²) in [7, 11) is 0. The fourth-order valence-corrected chi connectivity index (χ4v) is 1.75. The van der Waals surface area contributed by atoms with E-state index in [1.54, 1.807) is 0 Å². The maximum Gasteiger partial charge on any atom is -0.0326 e. The van der Waals surface area contributed by atoms with Crippen LogP contribution < -0.4 is 0 Å². The van der Waals surface area contributed by atoms with Crippen LogP contribution in [0.25, 0.3) is 0 Å². The van der Waals surface area contributed by atoms with Crippen molar-refractivity contribution in [1.29, 1.82) is 0 Å². The molecule has 0 spiro atoms. The van der Waals surface area contributed by atoms with E-state index in [9.17, 15) is 0 Å². The molecule has 0 saturated carbocycles. The van der Waals surface area contributed by atoms with Gasteiger partial charge in [0.05, 0.1) is 0 Å². The van der Waals surface area contributed by atoms with Crippen LogP contribution in [-0.4, -0.2) is 0 Å². The Morgan fingerprint density at radius 3 is 2.08 bits per heavy atom. The molecule has 0 heteroatoms. The molecule has 0 fully saturated rings. The van der Waals surface area contributed by atoms with E-state index in [0.717, 1.165) is 18.3 Å². The molecular formula is C12H25. The maximum absolute atomic E-state index is 3.95. The first kappa shape index (κ1) is 12.0. The molecule has 0 aliphatic heterocycles. The number of hydrogen-bond acceptors (Lipinski definition) is 0. The van der Waals surface area contributed by atoms with E-state index in [1.165, 1.54) is 12.8 Å². The molecule has 0 aliphatic rings. The quantitative estimate of drug-likeness (QED) is 0.575. The van der Waals surface area contributed by atoms with Crippen molar-refractivity contribution in [2.45, 2.75) is 53.9 Å². The average molecular weight is 169 g/mol. The Balaban J connectivity index is 4.02. The molecule has 0 aromatic rings. The summed E-state index contributed by atoms with van der Waals surface area (Å²) in [6.07, 6.45) is 3.67. The summed E-state index contributed by atoms with van der Waals surface area (Å²) in [4.78, 5) is 0. The minimum Gasteiger partial charge on any atom is -0.0651 e. The molecule has 0 bridgehead atoms. The molecule has 0 aromatic carbocycles. The van der Waals surface area contributed by atoms with Gasteiger partial charge in [-0.3, -0.25) is 0 Å². The van der Waals surface area contributed by atoms with Crippen LogP contribution in [0.2, 0.25) is 0 Å². The zero-order chi connectivity index (χ0) is 9.78. The van der Waals surface area contributed by atoms with Crippen LogP contribution in [-0.2, 0) is 0 Å². The van der Waals surface area contributed by atoms with Gasteiger partial charge in [-0.05, 0) is 23.7 Å². The van der Waals surface area contributed by atoms with Crippen LogP contribution in [0.5, 0.6) is 0 Å². The highest BCUT2D eigenvalue weighted by atomic mass is 14.3. The van der Waals surface area contributed by atoms with Crippen molar-refractivity contribution in [3.05, 3.63) is 6.92 Å². The second-order valence-electron chi connectivity index (χ2n) is 4.90. The lowest BCUT2D eigenvalue weighted by molar-refractivity contribution is 0.175. The van der Waals surface area contributed by atoms with E-state index in [4.69, 9.17) is 0 Å². The van der Waals surface area contributed by atoms with E-state index >= 15 is 0 Å². The molecule has 12 heavy (non-hydrogen) atoms. The predicted molar refractivity (Wildman–Crippen MR) is 57.0 cm³/mol. The van der Waals surface area contributed by atoms with Gasteiger partial charge in [-0.2, -0.15) is 0 Å². The molecule has 0 aromatic heterocycles. The fourth-order valence-electron chi connectivity index (χ4n) is 1.75. The van der Waals surface area contributed by atoms with Gasteiger partial charge < -0.3 is 0 Å². The summed E-state index contributed by atoms with van der Waals surface area (Å²) >= 11 is 0. The van der Waals surface area contributed by atoms with Crippen molar-refractivity contribution in [3.63, 3.8) is 0 Å². The summed E-state index contributed by atoms with van der Waals surface area (Å²) in [5, 5.41) is 0. The molecule has 1 radical (unpaired) electrons. The van der Waals surface area contributed by atoms with Crippen molar-refractivity contribution >= 4 is 0 Å². The normalized spacial score (nSPS) is 17.5. The van der Waals surface area contributed by atoms with Gasteiger partial charge in [0, 0.05) is 0 Å². The lowest BCUT2D eigenvalue weighted by atomic mass is 9.72. The predicted octanol–water partition coefficient (Wildman–Crippen LogP) is 4.31. The Hall–Kier alpha value is 0. The molecule has 0 nitrogen and oxygen atoms in total. The lowest BCUT2D eigenvalue weighted by Crippen LogP contribution is -2.23. The molecule has 73 valence electrons. The summed E-state index contributed by atoms with van der Waals surface area (Å²) in [5.74, 6) is 1.60. The maximum atomic E-state index is 3.95. The van der Waals surface area contributed by atoms with Crippen LogP contribution in [0.4, 0.5) is 0 Å². The lowest BCUT2D eigenvalue weighted by Gasteiger charge is -2.33. The van der Waals surface area contributed by atoms with Crippen LogP contribution in [0.15, 0.2) is 0 Å². The molecule has 0 rings (SSSR count). The van der Waals surface area contributed by atoms with Gasteiger partial charge in [-0.25, -0.2) is 0 Å². The smallest absolute Gasteiger partial charge is 0.0326 e. The summed E-state index contributed by atoms with van der Waals surface area (Å²) < 4.78 is 0. The molecule has 0 heterocycles. The van der Waals surface area contributed by atoms with Crippen LogP contribution in [0.3, 0.4) is 0 Å². The van der Waals surface area contributed by atoms with Gasteiger partial charge in [0.25, 0.3) is 0 Å². The standard InChI is InChI=1S/C12H25/c1-7-10(3)9-12(5,6)11(4)8-2/h10-11H,1,7-9H2,2-6H3. The number of rotatable bonds is 5. The molecule has 0 N–H and O–H groups in total. The Morgan fingerprint density at radius 2 is 1.75 bits per heavy atom. The second-order valence-corrected chi connectivity index (χ2v) is 4.90. The molecule has 0 aliphatic carbocycles. The zero-order valence-corrected chi connectivity index (χ0v) is 9.48. The third kappa shape index (κ3) is 3.60. The average Bonchev–Trinajstić information content (AvgIpc) is 2.02. The molecule has 2 atom stereocenters. The van der Waals surface area contributed by atoms with Crippen LogP contribution in [0, 0.1) is 24.2 Å². The van der Waals surface area contributed by atoms with Crippen LogP contribution >= 0.6 is 0 Å². The minimum atomic E-state index is 0.492. The molecular weight excluding hydrogens is 144 g/mol. The third-order valence-electron chi connectivity index (χ3n) is 3.31. The van der Waals surface area contributed by atoms with Gasteiger partial charge in [-0.1, -0.05) is 54.4 Å². The third-order valence-corrected chi connectivity index (χ3v) is 3.31. The van der Waals surface area contributed by atoms with Crippen molar-refractivity contribution < 1.29 is 0 Å². The van der Waals surface area contributed by atoms with E-state index in [2.05, 4.69) is 41.5 Å². The summed E-state index contributed by atoms with van der Waals surface area (Å²) in [6, 6.07) is 0. The Labute approximate surface area is 78.8 Å². The first-order chi connectivity index (χ1) is 5.44. The SMILES string of the molecule is [CH2]CC(C)CC(C)(C)C(C)CC. The Bertz CT molecular complexity index is 113. The van der Waals surface area contributed by atoms with Gasteiger partial charge >= 0.3 is 0 Å². The Morgan fingerprint density at radius 1 is 1.25 bits per heavy atom. The highest BCUT2D eigenvalue weighted by molar-refractivity contribution is 4.76. The van der Waals surface area contributed by atoms with E-state index in [-0.39, 0.29) is 0 Å². The minimum absolute atomic E-state index is 0.492. The summed E-state index contributed by atoms with van der Waals surface area (Å²) in [6.45, 7) is 15.7. The van der Waals surface area contributed by atoms with Gasteiger partial charge in [-0.15, -0.1) is 0 Å². The Kier molecular flexibility index (Phi) is 4.89. The van der Waals surface area contributed by atoms with Gasteiger partial charge in [0.1, 0.15) is 0 Å². The first-order valence-corrected chi connectivity index (χ1v) is 5.23. The topological polar surface area (TPSA) is 0 Å². The second kappa shape index (κ2) is 4.89. The molecule has 2 unspecified atom stereocenters. The largest absolute Gasteiger partial charge is 0.0651 e. The van der Waals surface area contributed by atoms with E-state index in [1.807, 2.05) is 0 Å². The zero-order valence-electron chi connectivity index (χ0n) is 9.48. The number of hydrogen-bond donors (Lipinski definition) is 0. The van der Waals surface area contributed by atoms with E-state index < -0.39 is 0 Å². The monoisotopic (exact) mass is 169 g/mol. The molecule has 0 saturated heterocycles. The fraction of sp³-hybridized carbons (Fsp3) is 0.917. The van der Waals surface area contributed by atoms with Gasteiger partial charge in [0.15, 0.2) is 0 Å². The molecule has 0 amide bonds. The van der Waals surface area contributed by atoms with Gasteiger partial charge in [0.2, 0.25) is 0 Å². The van der Waals surface area contributed by atoms with Crippen molar-refractivity contribution in [1.82, 2.24) is 0 Å². The van der Waals surface area contributed by atoms with Crippen molar-refractivity contribution in [2.75, 3.05) is 0 Å². The summed E-state index contributed by atoms with van der Waals surface area (Å²) in [5.41, 5.74) is 0.492. The van der Waals surface area contributed by atoms with Crippen molar-refractivity contribution in [2.24, 2.45) is 17.3 Å². The van der Waals surface area contributed by atoms with Crippen LogP contribution in [0.1, 0.15) is 53.9 Å². The first-order valence-electron chi connectivity index (χ1n) is 5.23.